The van der Waals surface area contributed by atoms with E-state index in [1.165, 1.54) is 19.1 Å². The van der Waals surface area contributed by atoms with Crippen molar-refractivity contribution in [1.82, 2.24) is 10.3 Å². The molecule has 2 aliphatic rings. The average molecular weight is 297 g/mol. The minimum atomic E-state index is 0.358. The van der Waals surface area contributed by atoms with Crippen molar-refractivity contribution < 1.29 is 0 Å². The minimum Gasteiger partial charge on any atom is -0.397 e. The number of nitrogens with zero attached hydrogens (tertiary/aromatic N) is 1. The molecule has 0 aromatic carbocycles. The van der Waals surface area contributed by atoms with Crippen LogP contribution in [0.15, 0.2) is 18.5 Å². The summed E-state index contributed by atoms with van der Waals surface area (Å²) in [5.41, 5.74) is 9.17. The quantitative estimate of drug-likeness (QED) is 0.608. The molecule has 3 rings (SSSR count). The van der Waals surface area contributed by atoms with Crippen molar-refractivity contribution >= 4 is 23.2 Å². The fraction of sp³-hybridized carbons (Fsp3) is 0.471. The number of anilines is 1. The van der Waals surface area contributed by atoms with Crippen molar-refractivity contribution in [2.24, 2.45) is 11.8 Å². The molecule has 0 saturated heterocycles. The number of allylic oxidation sites excluding steroid dienone is 1. The van der Waals surface area contributed by atoms with E-state index in [1.54, 1.807) is 12.3 Å². The molecule has 116 valence electrons. The zero-order valence-electron chi connectivity index (χ0n) is 12.9. The molecule has 5 heteroatoms. The second-order valence-electron chi connectivity index (χ2n) is 6.53. The van der Waals surface area contributed by atoms with Crippen LogP contribution in [0.2, 0.25) is 0 Å². The topological polar surface area (TPSA) is 98.6 Å². The molecule has 0 spiro atoms. The van der Waals surface area contributed by atoms with Crippen LogP contribution >= 0.6 is 0 Å². The molecule has 22 heavy (non-hydrogen) atoms. The van der Waals surface area contributed by atoms with Gasteiger partial charge in [0.15, 0.2) is 0 Å². The summed E-state index contributed by atoms with van der Waals surface area (Å²) < 4.78 is 0. The van der Waals surface area contributed by atoms with Crippen LogP contribution in [0.3, 0.4) is 0 Å². The molecule has 0 unspecified atom stereocenters. The summed E-state index contributed by atoms with van der Waals surface area (Å²) in [5, 5.41) is 19.3. The van der Waals surface area contributed by atoms with Crippen LogP contribution in [0.1, 0.15) is 43.9 Å². The van der Waals surface area contributed by atoms with Gasteiger partial charge in [0.25, 0.3) is 0 Å². The van der Waals surface area contributed by atoms with Crippen molar-refractivity contribution in [3.8, 4) is 0 Å². The predicted molar refractivity (Wildman–Crippen MR) is 90.3 cm³/mol. The maximum Gasteiger partial charge on any atom is 0.0742 e. The molecule has 2 aliphatic carbocycles. The van der Waals surface area contributed by atoms with Gasteiger partial charge in [-0.15, -0.1) is 0 Å². The lowest BCUT2D eigenvalue weighted by Gasteiger charge is -2.33. The molecule has 0 atom stereocenters. The van der Waals surface area contributed by atoms with Crippen LogP contribution in [0.4, 0.5) is 5.69 Å². The third kappa shape index (κ3) is 3.03. The minimum absolute atomic E-state index is 0.358. The molecule has 0 bridgehead atoms. The Balaban J connectivity index is 1.85. The zero-order valence-corrected chi connectivity index (χ0v) is 12.9. The van der Waals surface area contributed by atoms with E-state index in [0.717, 1.165) is 30.0 Å². The van der Waals surface area contributed by atoms with Gasteiger partial charge in [-0.25, -0.2) is 0 Å². The molecule has 5 N–H and O–H groups in total. The van der Waals surface area contributed by atoms with E-state index in [0.29, 0.717) is 28.9 Å². The van der Waals surface area contributed by atoms with E-state index < -0.39 is 0 Å². The Morgan fingerprint density at radius 3 is 2.73 bits per heavy atom. The third-order valence-corrected chi connectivity index (χ3v) is 4.51. The molecule has 2 saturated carbocycles. The SMILES string of the molecule is CC1CC(N/C=C(\C(=N)C2CC2)c2cc(C=N)c(N)cn2)C1. The number of nitrogens with one attached hydrogen (secondary N) is 3. The molecular formula is C17H23N5. The van der Waals surface area contributed by atoms with Gasteiger partial charge in [-0.3, -0.25) is 4.98 Å². The van der Waals surface area contributed by atoms with Gasteiger partial charge in [0.2, 0.25) is 0 Å². The lowest BCUT2D eigenvalue weighted by molar-refractivity contribution is 0.261. The van der Waals surface area contributed by atoms with Crippen LogP contribution < -0.4 is 11.1 Å². The van der Waals surface area contributed by atoms with Gasteiger partial charge in [0.1, 0.15) is 0 Å². The van der Waals surface area contributed by atoms with E-state index in [1.807, 2.05) is 6.20 Å². The fourth-order valence-electron chi connectivity index (χ4n) is 2.88. The van der Waals surface area contributed by atoms with E-state index >= 15 is 0 Å². The van der Waals surface area contributed by atoms with Crippen LogP contribution in [0.5, 0.6) is 0 Å². The third-order valence-electron chi connectivity index (χ3n) is 4.51. The number of hydrogen-bond donors (Lipinski definition) is 4. The summed E-state index contributed by atoms with van der Waals surface area (Å²) in [6, 6.07) is 2.31. The smallest absolute Gasteiger partial charge is 0.0742 e. The lowest BCUT2D eigenvalue weighted by atomic mass is 9.82. The van der Waals surface area contributed by atoms with Crippen molar-refractivity contribution in [3.05, 3.63) is 29.7 Å². The highest BCUT2D eigenvalue weighted by Crippen LogP contribution is 2.35. The van der Waals surface area contributed by atoms with Crippen LogP contribution in [-0.2, 0) is 0 Å². The Kier molecular flexibility index (Phi) is 3.96. The molecule has 1 aromatic rings. The highest BCUT2D eigenvalue weighted by Gasteiger charge is 2.30. The first-order chi connectivity index (χ1) is 10.6. The Morgan fingerprint density at radius 2 is 2.14 bits per heavy atom. The monoisotopic (exact) mass is 297 g/mol. The fourth-order valence-corrected chi connectivity index (χ4v) is 2.88. The van der Waals surface area contributed by atoms with E-state index in [9.17, 15) is 0 Å². The number of rotatable bonds is 6. The first-order valence-electron chi connectivity index (χ1n) is 7.90. The maximum absolute atomic E-state index is 8.40. The molecule has 0 radical (unpaired) electrons. The van der Waals surface area contributed by atoms with Crippen LogP contribution in [0.25, 0.3) is 5.57 Å². The molecular weight excluding hydrogens is 274 g/mol. The molecule has 0 aliphatic heterocycles. The Bertz CT molecular complexity index is 624. The van der Waals surface area contributed by atoms with Gasteiger partial charge in [0.05, 0.1) is 17.6 Å². The summed E-state index contributed by atoms with van der Waals surface area (Å²) in [6.07, 6.45) is 9.30. The standard InChI is InChI=1S/C17H23N5/c1-10-4-13(5-10)21-8-14(17(20)11-2-3-11)16-6-12(7-18)15(19)9-22-16/h6-11,13,18,20-21H,2-5,19H2,1H3/b14-8-,18-7?,20-17?. The van der Waals surface area contributed by atoms with Gasteiger partial charge in [-0.05, 0) is 37.7 Å². The maximum atomic E-state index is 8.40. The van der Waals surface area contributed by atoms with E-state index in [2.05, 4.69) is 17.2 Å². The van der Waals surface area contributed by atoms with Crippen molar-refractivity contribution in [2.45, 2.75) is 38.6 Å². The Morgan fingerprint density at radius 1 is 1.41 bits per heavy atom. The van der Waals surface area contributed by atoms with Crippen molar-refractivity contribution in [3.63, 3.8) is 0 Å². The van der Waals surface area contributed by atoms with Gasteiger partial charge in [0, 0.05) is 41.2 Å². The summed E-state index contributed by atoms with van der Waals surface area (Å²) in [4.78, 5) is 4.38. The molecule has 1 heterocycles. The molecule has 0 amide bonds. The lowest BCUT2D eigenvalue weighted by Crippen LogP contribution is -2.37. The van der Waals surface area contributed by atoms with Crippen LogP contribution in [-0.4, -0.2) is 23.0 Å². The summed E-state index contributed by atoms with van der Waals surface area (Å²) in [5.74, 6) is 1.15. The first kappa shape index (κ1) is 14.8. The predicted octanol–water partition coefficient (Wildman–Crippen LogP) is 2.82. The summed E-state index contributed by atoms with van der Waals surface area (Å²) >= 11 is 0. The number of pyridine rings is 1. The van der Waals surface area contributed by atoms with Gasteiger partial charge < -0.3 is 21.9 Å². The summed E-state index contributed by atoms with van der Waals surface area (Å²) in [7, 11) is 0. The molecule has 1 aromatic heterocycles. The molecule has 2 fully saturated rings. The Labute approximate surface area is 131 Å². The highest BCUT2D eigenvalue weighted by atomic mass is 14.9. The first-order valence-corrected chi connectivity index (χ1v) is 7.90. The number of nitrogens with two attached hydrogens (primary N) is 1. The van der Waals surface area contributed by atoms with Crippen molar-refractivity contribution in [2.75, 3.05) is 5.73 Å². The largest absolute Gasteiger partial charge is 0.397 e. The number of hydrogen-bond acceptors (Lipinski definition) is 5. The normalized spacial score (nSPS) is 24.5. The average Bonchev–Trinajstić information content (AvgIpc) is 3.31. The van der Waals surface area contributed by atoms with Gasteiger partial charge >= 0.3 is 0 Å². The van der Waals surface area contributed by atoms with E-state index in [-0.39, 0.29) is 0 Å². The number of aromatic nitrogens is 1. The molecule has 5 nitrogen and oxygen atoms in total. The second kappa shape index (κ2) is 5.91. The Hall–Kier alpha value is -2.17. The van der Waals surface area contributed by atoms with E-state index in [4.69, 9.17) is 16.6 Å². The highest BCUT2D eigenvalue weighted by molar-refractivity contribution is 6.23. The number of nitrogen functional groups attached to an aromatic ring is 1. The van der Waals surface area contributed by atoms with Crippen LogP contribution in [0, 0.1) is 22.7 Å². The van der Waals surface area contributed by atoms with Crippen molar-refractivity contribution in [1.29, 1.82) is 10.8 Å². The zero-order chi connectivity index (χ0) is 15.7. The second-order valence-corrected chi connectivity index (χ2v) is 6.53. The van der Waals surface area contributed by atoms with Gasteiger partial charge in [-0.2, -0.15) is 0 Å². The van der Waals surface area contributed by atoms with Gasteiger partial charge in [-0.1, -0.05) is 6.92 Å². The summed E-state index contributed by atoms with van der Waals surface area (Å²) in [6.45, 7) is 2.26.